The average Bonchev–Trinajstić information content (AvgIpc) is 3.19. The third-order valence-corrected chi connectivity index (χ3v) is 4.43. The highest BCUT2D eigenvalue weighted by Gasteiger charge is 2.09. The summed E-state index contributed by atoms with van der Waals surface area (Å²) in [4.78, 5) is 4.67. The van der Waals surface area contributed by atoms with Gasteiger partial charge in [-0.2, -0.15) is 15.8 Å². The fraction of sp³-hybridized carbons (Fsp3) is 0. The number of benzene rings is 2. The lowest BCUT2D eigenvalue weighted by molar-refractivity contribution is 1.37. The first kappa shape index (κ1) is 16.9. The van der Waals surface area contributed by atoms with Gasteiger partial charge in [0.25, 0.3) is 0 Å². The maximum absolute atomic E-state index is 9.15. The maximum Gasteiger partial charge on any atom is 0.163 e. The lowest BCUT2D eigenvalue weighted by Crippen LogP contribution is -2.00. The zero-order valence-corrected chi connectivity index (χ0v) is 14.3. The van der Waals surface area contributed by atoms with Gasteiger partial charge in [0, 0.05) is 22.2 Å². The van der Waals surface area contributed by atoms with Crippen molar-refractivity contribution in [3.05, 3.63) is 71.2 Å². The Morgan fingerprint density at radius 1 is 0.885 bits per heavy atom. The van der Waals surface area contributed by atoms with Crippen LogP contribution in [0.25, 0.3) is 21.8 Å². The molecular formula is C20H11N5S. The molecule has 0 unspecified atom stereocenters. The molecule has 0 spiro atoms. The van der Waals surface area contributed by atoms with E-state index in [-0.39, 0.29) is 11.3 Å². The minimum atomic E-state index is -0.251. The van der Waals surface area contributed by atoms with Crippen LogP contribution in [0.15, 0.2) is 71.2 Å². The number of hydrogen-bond donors (Lipinski definition) is 1. The van der Waals surface area contributed by atoms with Crippen molar-refractivity contribution >= 4 is 17.0 Å². The van der Waals surface area contributed by atoms with E-state index < -0.39 is 0 Å². The van der Waals surface area contributed by atoms with Gasteiger partial charge in [0.15, 0.2) is 5.57 Å². The van der Waals surface area contributed by atoms with Gasteiger partial charge >= 0.3 is 0 Å². The number of nitrogens with zero attached hydrogens (tertiary/aromatic N) is 4. The van der Waals surface area contributed by atoms with E-state index in [0.717, 1.165) is 21.8 Å². The van der Waals surface area contributed by atoms with Crippen LogP contribution >= 0.6 is 11.3 Å². The molecule has 1 N–H and O–H groups in total. The van der Waals surface area contributed by atoms with Crippen LogP contribution in [0, 0.1) is 34.0 Å². The van der Waals surface area contributed by atoms with Gasteiger partial charge in [-0.05, 0) is 12.1 Å². The number of nitrogens with one attached hydrogen (secondary N) is 1. The molecule has 3 rings (SSSR count). The summed E-state index contributed by atoms with van der Waals surface area (Å²) in [5.41, 5.74) is 3.12. The molecule has 5 nitrogen and oxygen atoms in total. The van der Waals surface area contributed by atoms with E-state index in [1.165, 1.54) is 11.3 Å². The van der Waals surface area contributed by atoms with E-state index in [1.807, 2.05) is 60.0 Å². The van der Waals surface area contributed by atoms with Crippen molar-refractivity contribution in [3.8, 4) is 40.0 Å². The van der Waals surface area contributed by atoms with Crippen molar-refractivity contribution in [2.75, 3.05) is 5.32 Å². The van der Waals surface area contributed by atoms with Crippen LogP contribution in [0.5, 0.6) is 0 Å². The second kappa shape index (κ2) is 7.77. The van der Waals surface area contributed by atoms with Crippen LogP contribution in [-0.2, 0) is 0 Å². The molecule has 0 atom stereocenters. The van der Waals surface area contributed by atoms with E-state index >= 15 is 0 Å². The van der Waals surface area contributed by atoms with Crippen molar-refractivity contribution in [1.82, 2.24) is 4.98 Å². The summed E-state index contributed by atoms with van der Waals surface area (Å²) in [6.07, 6.45) is 0. The minimum absolute atomic E-state index is 0.0729. The second-order valence-corrected chi connectivity index (χ2v) is 6.05. The monoisotopic (exact) mass is 353 g/mol. The van der Waals surface area contributed by atoms with Gasteiger partial charge in [0.1, 0.15) is 28.9 Å². The molecule has 0 aliphatic rings. The van der Waals surface area contributed by atoms with Crippen molar-refractivity contribution in [2.24, 2.45) is 0 Å². The second-order valence-electron chi connectivity index (χ2n) is 5.20. The number of nitriles is 3. The van der Waals surface area contributed by atoms with Gasteiger partial charge in [0.05, 0.1) is 5.69 Å². The number of aromatic nitrogens is 1. The van der Waals surface area contributed by atoms with Gasteiger partial charge in [0.2, 0.25) is 0 Å². The average molecular weight is 353 g/mol. The van der Waals surface area contributed by atoms with Gasteiger partial charge in [-0.1, -0.05) is 42.5 Å². The molecule has 122 valence electrons. The normalized spacial score (nSPS) is 9.42. The molecular weight excluding hydrogens is 342 g/mol. The first-order valence-electron chi connectivity index (χ1n) is 7.58. The Morgan fingerprint density at radius 2 is 1.62 bits per heavy atom. The van der Waals surface area contributed by atoms with Crippen molar-refractivity contribution in [1.29, 1.82) is 15.8 Å². The Hall–Kier alpha value is -3.92. The Kier molecular flexibility index (Phi) is 5.05. The Morgan fingerprint density at radius 3 is 2.31 bits per heavy atom. The number of rotatable bonds is 4. The molecule has 0 saturated heterocycles. The van der Waals surface area contributed by atoms with Crippen LogP contribution in [-0.4, -0.2) is 4.98 Å². The largest absolute Gasteiger partial charge is 0.345 e. The lowest BCUT2D eigenvalue weighted by atomic mass is 10.1. The van der Waals surface area contributed by atoms with Gasteiger partial charge in [-0.15, -0.1) is 11.3 Å². The smallest absolute Gasteiger partial charge is 0.163 e. The van der Waals surface area contributed by atoms with Crippen LogP contribution in [0.4, 0.5) is 5.69 Å². The van der Waals surface area contributed by atoms with E-state index in [9.17, 15) is 0 Å². The van der Waals surface area contributed by atoms with Crippen LogP contribution < -0.4 is 5.32 Å². The summed E-state index contributed by atoms with van der Waals surface area (Å²) < 4.78 is 0. The zero-order chi connectivity index (χ0) is 18.4. The number of anilines is 1. The van der Waals surface area contributed by atoms with E-state index in [2.05, 4.69) is 10.3 Å². The Balaban J connectivity index is 1.91. The van der Waals surface area contributed by atoms with Crippen LogP contribution in [0.3, 0.4) is 0 Å². The highest BCUT2D eigenvalue weighted by Crippen LogP contribution is 2.30. The molecule has 0 aliphatic heterocycles. The SMILES string of the molecule is N#CC(C#N)=C(C#N)Nc1cccc(-c2nc(-c3ccccc3)cs2)c1. The predicted molar refractivity (Wildman–Crippen MR) is 100 cm³/mol. The summed E-state index contributed by atoms with van der Waals surface area (Å²) in [7, 11) is 0. The van der Waals surface area contributed by atoms with E-state index in [0.29, 0.717) is 5.69 Å². The molecule has 3 aromatic rings. The third kappa shape index (κ3) is 3.60. The highest BCUT2D eigenvalue weighted by atomic mass is 32.1. The van der Waals surface area contributed by atoms with Gasteiger partial charge in [-0.25, -0.2) is 4.98 Å². The Labute approximate surface area is 154 Å². The molecule has 0 radical (unpaired) electrons. The third-order valence-electron chi connectivity index (χ3n) is 3.54. The molecule has 0 fully saturated rings. The summed E-state index contributed by atoms with van der Waals surface area (Å²) in [5, 5.41) is 32.7. The first-order chi connectivity index (χ1) is 12.7. The molecule has 2 aromatic carbocycles. The molecule has 0 amide bonds. The zero-order valence-electron chi connectivity index (χ0n) is 13.5. The minimum Gasteiger partial charge on any atom is -0.345 e. The molecule has 1 aromatic heterocycles. The van der Waals surface area contributed by atoms with Crippen molar-refractivity contribution < 1.29 is 0 Å². The van der Waals surface area contributed by atoms with E-state index in [4.69, 9.17) is 15.8 Å². The lowest BCUT2D eigenvalue weighted by Gasteiger charge is -2.06. The maximum atomic E-state index is 9.15. The van der Waals surface area contributed by atoms with Gasteiger partial charge in [-0.3, -0.25) is 0 Å². The summed E-state index contributed by atoms with van der Waals surface area (Å²) in [6.45, 7) is 0. The first-order valence-corrected chi connectivity index (χ1v) is 8.46. The van der Waals surface area contributed by atoms with Gasteiger partial charge < -0.3 is 5.32 Å². The number of hydrogen-bond acceptors (Lipinski definition) is 6. The van der Waals surface area contributed by atoms with Crippen molar-refractivity contribution in [2.45, 2.75) is 0 Å². The summed E-state index contributed by atoms with van der Waals surface area (Å²) in [5.74, 6) is 0. The summed E-state index contributed by atoms with van der Waals surface area (Å²) in [6, 6.07) is 22.5. The molecule has 1 heterocycles. The fourth-order valence-electron chi connectivity index (χ4n) is 2.31. The van der Waals surface area contributed by atoms with Crippen molar-refractivity contribution in [3.63, 3.8) is 0 Å². The number of allylic oxidation sites excluding steroid dienone is 2. The molecule has 0 bridgehead atoms. The highest BCUT2D eigenvalue weighted by molar-refractivity contribution is 7.13. The quantitative estimate of drug-likeness (QED) is 0.685. The fourth-order valence-corrected chi connectivity index (χ4v) is 3.13. The topological polar surface area (TPSA) is 96.3 Å². The summed E-state index contributed by atoms with van der Waals surface area (Å²) >= 11 is 1.53. The van der Waals surface area contributed by atoms with Crippen LogP contribution in [0.2, 0.25) is 0 Å². The molecule has 6 heteroatoms. The number of thiazole rings is 1. The molecule has 26 heavy (non-hydrogen) atoms. The van der Waals surface area contributed by atoms with Crippen LogP contribution in [0.1, 0.15) is 0 Å². The standard InChI is InChI=1S/C20H11N5S/c21-10-16(11-22)18(12-23)24-17-8-4-7-15(9-17)20-25-19(13-26-20)14-5-2-1-3-6-14/h1-9,13,24H. The molecule has 0 aliphatic carbocycles. The predicted octanol–water partition coefficient (Wildman–Crippen LogP) is 4.71. The molecule has 0 saturated carbocycles. The van der Waals surface area contributed by atoms with E-state index in [1.54, 1.807) is 18.2 Å². The Bertz CT molecular complexity index is 1080.